The molecule has 0 aliphatic heterocycles. The lowest BCUT2D eigenvalue weighted by molar-refractivity contribution is -0.116. The number of para-hydroxylation sites is 1. The number of amides is 1. The smallest absolute Gasteiger partial charge is 0.224 e. The van der Waals surface area contributed by atoms with Gasteiger partial charge in [0.05, 0.1) is 11.2 Å². The maximum absolute atomic E-state index is 12.2. The lowest BCUT2D eigenvalue weighted by Gasteiger charge is -2.10. The van der Waals surface area contributed by atoms with Gasteiger partial charge in [0.2, 0.25) is 5.91 Å². The van der Waals surface area contributed by atoms with E-state index in [0.717, 1.165) is 22.4 Å². The van der Waals surface area contributed by atoms with Crippen LogP contribution in [0.4, 0.5) is 5.69 Å². The van der Waals surface area contributed by atoms with Crippen molar-refractivity contribution in [2.24, 2.45) is 0 Å². The van der Waals surface area contributed by atoms with Gasteiger partial charge in [-0.05, 0) is 37.1 Å². The molecule has 0 aliphatic rings. The van der Waals surface area contributed by atoms with Crippen molar-refractivity contribution in [1.29, 1.82) is 0 Å². The van der Waals surface area contributed by atoms with Crippen molar-refractivity contribution < 1.29 is 9.21 Å². The summed E-state index contributed by atoms with van der Waals surface area (Å²) in [5.74, 6) is 1.07. The van der Waals surface area contributed by atoms with Gasteiger partial charge >= 0.3 is 0 Å². The van der Waals surface area contributed by atoms with Gasteiger partial charge in [-0.15, -0.1) is 0 Å². The molecule has 0 fully saturated rings. The van der Waals surface area contributed by atoms with Crippen LogP contribution in [-0.4, -0.2) is 10.9 Å². The first-order valence-corrected chi connectivity index (χ1v) is 8.48. The van der Waals surface area contributed by atoms with Crippen molar-refractivity contribution in [3.63, 3.8) is 0 Å². The monoisotopic (exact) mass is 354 g/mol. The SMILES string of the molecule is Cc1cccc(C)c1NC(=O)CCc1ncc(-c2ccccc2Cl)o1. The minimum absolute atomic E-state index is 0.0603. The van der Waals surface area contributed by atoms with E-state index in [4.69, 9.17) is 16.0 Å². The van der Waals surface area contributed by atoms with E-state index < -0.39 is 0 Å². The summed E-state index contributed by atoms with van der Waals surface area (Å²) in [5, 5.41) is 3.58. The van der Waals surface area contributed by atoms with Gasteiger partial charge in [-0.3, -0.25) is 4.79 Å². The Morgan fingerprint density at radius 2 is 1.84 bits per heavy atom. The first-order chi connectivity index (χ1) is 12.0. The second-order valence-corrected chi connectivity index (χ2v) is 6.32. The van der Waals surface area contributed by atoms with E-state index >= 15 is 0 Å². The number of anilines is 1. The third-order valence-corrected chi connectivity index (χ3v) is 4.33. The number of carbonyl (C=O) groups is 1. The van der Waals surface area contributed by atoms with Gasteiger partial charge in [0.25, 0.3) is 0 Å². The zero-order valence-corrected chi connectivity index (χ0v) is 14.9. The largest absolute Gasteiger partial charge is 0.441 e. The fraction of sp³-hybridized carbons (Fsp3) is 0.200. The summed E-state index contributed by atoms with van der Waals surface area (Å²) in [6.07, 6.45) is 2.37. The third-order valence-electron chi connectivity index (χ3n) is 4.00. The van der Waals surface area contributed by atoms with E-state index in [0.29, 0.717) is 29.5 Å². The number of benzene rings is 2. The van der Waals surface area contributed by atoms with Gasteiger partial charge in [-0.1, -0.05) is 41.9 Å². The Morgan fingerprint density at radius 3 is 2.56 bits per heavy atom. The summed E-state index contributed by atoms with van der Waals surface area (Å²) >= 11 is 6.16. The van der Waals surface area contributed by atoms with Crippen LogP contribution in [0, 0.1) is 13.8 Å². The number of aromatic nitrogens is 1. The molecule has 0 radical (unpaired) electrons. The Kier molecular flexibility index (Phi) is 5.19. The summed E-state index contributed by atoms with van der Waals surface area (Å²) in [7, 11) is 0. The molecule has 5 heteroatoms. The van der Waals surface area contributed by atoms with Crippen LogP contribution in [0.1, 0.15) is 23.4 Å². The molecule has 2 aromatic carbocycles. The highest BCUT2D eigenvalue weighted by atomic mass is 35.5. The molecule has 0 aliphatic carbocycles. The van der Waals surface area contributed by atoms with E-state index in [-0.39, 0.29) is 5.91 Å². The number of hydrogen-bond donors (Lipinski definition) is 1. The normalized spacial score (nSPS) is 10.7. The molecule has 1 aromatic heterocycles. The van der Waals surface area contributed by atoms with Crippen LogP contribution in [0.5, 0.6) is 0 Å². The molecule has 25 heavy (non-hydrogen) atoms. The zero-order chi connectivity index (χ0) is 17.8. The van der Waals surface area contributed by atoms with Crippen molar-refractivity contribution in [3.05, 3.63) is 70.7 Å². The maximum Gasteiger partial charge on any atom is 0.224 e. The summed E-state index contributed by atoms with van der Waals surface area (Å²) < 4.78 is 5.72. The molecule has 0 spiro atoms. The second-order valence-electron chi connectivity index (χ2n) is 5.91. The van der Waals surface area contributed by atoms with Crippen molar-refractivity contribution in [2.75, 3.05) is 5.32 Å². The minimum atomic E-state index is -0.0603. The molecule has 3 aromatic rings. The predicted octanol–water partition coefficient (Wildman–Crippen LogP) is 5.18. The molecular formula is C20H19ClN2O2. The van der Waals surface area contributed by atoms with Gasteiger partial charge in [0.15, 0.2) is 11.7 Å². The summed E-state index contributed by atoms with van der Waals surface area (Å²) in [4.78, 5) is 16.5. The average Bonchev–Trinajstić information content (AvgIpc) is 3.06. The number of nitrogens with zero attached hydrogens (tertiary/aromatic N) is 1. The third kappa shape index (κ3) is 4.09. The molecule has 0 saturated heterocycles. The van der Waals surface area contributed by atoms with E-state index in [1.54, 1.807) is 12.3 Å². The summed E-state index contributed by atoms with van der Waals surface area (Å²) in [6.45, 7) is 3.96. The summed E-state index contributed by atoms with van der Waals surface area (Å²) in [6, 6.07) is 13.4. The molecule has 1 heterocycles. The van der Waals surface area contributed by atoms with Crippen molar-refractivity contribution in [2.45, 2.75) is 26.7 Å². The van der Waals surface area contributed by atoms with Crippen LogP contribution in [-0.2, 0) is 11.2 Å². The second kappa shape index (κ2) is 7.53. The molecule has 1 N–H and O–H groups in total. The van der Waals surface area contributed by atoms with Gasteiger partial charge in [0.1, 0.15) is 0 Å². The molecule has 4 nitrogen and oxygen atoms in total. The molecule has 0 unspecified atom stereocenters. The maximum atomic E-state index is 12.2. The van der Waals surface area contributed by atoms with Crippen LogP contribution in [0.3, 0.4) is 0 Å². The zero-order valence-electron chi connectivity index (χ0n) is 14.2. The predicted molar refractivity (Wildman–Crippen MR) is 99.8 cm³/mol. The Morgan fingerprint density at radius 1 is 1.12 bits per heavy atom. The molecule has 0 bridgehead atoms. The topological polar surface area (TPSA) is 55.1 Å². The van der Waals surface area contributed by atoms with Crippen LogP contribution in [0.2, 0.25) is 5.02 Å². The lowest BCUT2D eigenvalue weighted by atomic mass is 10.1. The quantitative estimate of drug-likeness (QED) is 0.686. The van der Waals surface area contributed by atoms with Crippen LogP contribution >= 0.6 is 11.6 Å². The standard InChI is InChI=1S/C20H19ClN2O2/c1-13-6-5-7-14(2)20(13)23-18(24)10-11-19-22-12-17(25-19)15-8-3-4-9-16(15)21/h3-9,12H,10-11H2,1-2H3,(H,23,24). The molecule has 0 atom stereocenters. The van der Waals surface area contributed by atoms with Gasteiger partial charge in [-0.2, -0.15) is 0 Å². The van der Waals surface area contributed by atoms with Gasteiger partial charge < -0.3 is 9.73 Å². The van der Waals surface area contributed by atoms with E-state index in [9.17, 15) is 4.79 Å². The van der Waals surface area contributed by atoms with Crippen LogP contribution in [0.15, 0.2) is 53.1 Å². The average molecular weight is 355 g/mol. The highest BCUT2D eigenvalue weighted by molar-refractivity contribution is 6.33. The Balaban J connectivity index is 1.63. The number of carbonyl (C=O) groups excluding carboxylic acids is 1. The minimum Gasteiger partial charge on any atom is -0.441 e. The van der Waals surface area contributed by atoms with E-state index in [1.165, 1.54) is 0 Å². The van der Waals surface area contributed by atoms with Gasteiger partial charge in [-0.25, -0.2) is 4.98 Å². The highest BCUT2D eigenvalue weighted by Crippen LogP contribution is 2.28. The first kappa shape index (κ1) is 17.2. The van der Waals surface area contributed by atoms with Crippen molar-refractivity contribution in [1.82, 2.24) is 4.98 Å². The van der Waals surface area contributed by atoms with Crippen molar-refractivity contribution >= 4 is 23.2 Å². The van der Waals surface area contributed by atoms with E-state index in [1.807, 2.05) is 50.2 Å². The first-order valence-electron chi connectivity index (χ1n) is 8.10. The number of hydrogen-bond acceptors (Lipinski definition) is 3. The molecule has 3 rings (SSSR count). The molecular weight excluding hydrogens is 336 g/mol. The van der Waals surface area contributed by atoms with Crippen molar-refractivity contribution in [3.8, 4) is 11.3 Å². The van der Waals surface area contributed by atoms with Gasteiger partial charge in [0, 0.05) is 24.1 Å². The number of oxazole rings is 1. The molecule has 1 amide bonds. The Bertz CT molecular complexity index is 882. The Labute approximate surface area is 151 Å². The Hall–Kier alpha value is -2.59. The van der Waals surface area contributed by atoms with Crippen LogP contribution < -0.4 is 5.32 Å². The number of halogens is 1. The fourth-order valence-corrected chi connectivity index (χ4v) is 2.87. The number of aryl methyl sites for hydroxylation is 3. The lowest BCUT2D eigenvalue weighted by Crippen LogP contribution is -2.14. The highest BCUT2D eigenvalue weighted by Gasteiger charge is 2.12. The molecule has 128 valence electrons. The number of nitrogens with one attached hydrogen (secondary N) is 1. The number of rotatable bonds is 5. The summed E-state index contributed by atoms with van der Waals surface area (Å²) in [5.41, 5.74) is 3.76. The van der Waals surface area contributed by atoms with Crippen LogP contribution in [0.25, 0.3) is 11.3 Å². The molecule has 0 saturated carbocycles. The van der Waals surface area contributed by atoms with E-state index in [2.05, 4.69) is 10.3 Å². The fourth-order valence-electron chi connectivity index (χ4n) is 2.65.